The largest absolute Gasteiger partial charge is 0.496 e. The van der Waals surface area contributed by atoms with Crippen molar-refractivity contribution in [2.75, 3.05) is 19.5 Å². The molecule has 0 radical (unpaired) electrons. The van der Waals surface area contributed by atoms with E-state index in [9.17, 15) is 4.79 Å². The summed E-state index contributed by atoms with van der Waals surface area (Å²) in [7, 11) is 3.22. The third-order valence-electron chi connectivity index (χ3n) is 3.58. The number of carbonyl (C=O) groups is 1. The van der Waals surface area contributed by atoms with Crippen molar-refractivity contribution in [1.29, 1.82) is 0 Å². The molecule has 1 amide bonds. The van der Waals surface area contributed by atoms with E-state index in [0.29, 0.717) is 6.42 Å². The molecule has 0 aliphatic rings. The summed E-state index contributed by atoms with van der Waals surface area (Å²) in [5.74, 6) is 0.733. The second-order valence-electron chi connectivity index (χ2n) is 5.28. The Bertz CT molecular complexity index is 462. The Hall–Kier alpha value is -1.55. The lowest BCUT2D eigenvalue weighted by Crippen LogP contribution is -2.41. The van der Waals surface area contributed by atoms with Crippen molar-refractivity contribution in [3.05, 3.63) is 23.3 Å². The molecule has 20 heavy (non-hydrogen) atoms. The van der Waals surface area contributed by atoms with Gasteiger partial charge in [-0.05, 0) is 50.5 Å². The maximum atomic E-state index is 12.4. The van der Waals surface area contributed by atoms with Gasteiger partial charge in [0.15, 0.2) is 0 Å². The molecule has 0 bridgehead atoms. The Labute approximate surface area is 121 Å². The molecule has 1 unspecified atom stereocenters. The number of amides is 1. The number of rotatable bonds is 6. The van der Waals surface area contributed by atoms with Crippen molar-refractivity contribution < 1.29 is 14.3 Å². The second kappa shape index (κ2) is 6.75. The molecule has 0 aliphatic heterocycles. The van der Waals surface area contributed by atoms with Crippen LogP contribution in [0.25, 0.3) is 0 Å². The minimum absolute atomic E-state index is 0.120. The van der Waals surface area contributed by atoms with Crippen LogP contribution in [0.2, 0.25) is 0 Å². The van der Waals surface area contributed by atoms with Crippen LogP contribution in [0.5, 0.6) is 5.75 Å². The van der Waals surface area contributed by atoms with E-state index in [-0.39, 0.29) is 5.91 Å². The quantitative estimate of drug-likeness (QED) is 0.867. The van der Waals surface area contributed by atoms with Gasteiger partial charge in [-0.2, -0.15) is 0 Å². The average Bonchev–Trinajstić information content (AvgIpc) is 2.38. The molecule has 1 aromatic carbocycles. The SMILES string of the molecule is CCCC(C)(OC)C(=O)Nc1cc(C)c(OC)c(C)c1. The van der Waals surface area contributed by atoms with Gasteiger partial charge in [-0.1, -0.05) is 13.3 Å². The molecular weight excluding hydrogens is 254 g/mol. The maximum absolute atomic E-state index is 12.4. The van der Waals surface area contributed by atoms with E-state index in [1.54, 1.807) is 14.2 Å². The highest BCUT2D eigenvalue weighted by Crippen LogP contribution is 2.28. The summed E-state index contributed by atoms with van der Waals surface area (Å²) in [4.78, 5) is 12.4. The smallest absolute Gasteiger partial charge is 0.256 e. The summed E-state index contributed by atoms with van der Waals surface area (Å²) >= 11 is 0. The predicted molar refractivity (Wildman–Crippen MR) is 81.4 cm³/mol. The average molecular weight is 279 g/mol. The van der Waals surface area contributed by atoms with Crippen molar-refractivity contribution in [3.63, 3.8) is 0 Å². The lowest BCUT2D eigenvalue weighted by Gasteiger charge is -2.26. The minimum atomic E-state index is -0.795. The highest BCUT2D eigenvalue weighted by molar-refractivity contribution is 5.97. The maximum Gasteiger partial charge on any atom is 0.256 e. The number of methoxy groups -OCH3 is 2. The summed E-state index contributed by atoms with van der Waals surface area (Å²) in [6, 6.07) is 3.82. The Morgan fingerprint density at radius 2 is 1.80 bits per heavy atom. The summed E-state index contributed by atoms with van der Waals surface area (Å²) in [6.07, 6.45) is 1.57. The van der Waals surface area contributed by atoms with Gasteiger partial charge in [0.2, 0.25) is 0 Å². The number of aryl methyl sites for hydroxylation is 2. The predicted octanol–water partition coefficient (Wildman–Crippen LogP) is 3.46. The van der Waals surface area contributed by atoms with Crippen molar-refractivity contribution in [1.82, 2.24) is 0 Å². The van der Waals surface area contributed by atoms with Crippen molar-refractivity contribution in [2.24, 2.45) is 0 Å². The molecule has 1 aromatic rings. The van der Waals surface area contributed by atoms with Crippen molar-refractivity contribution in [2.45, 2.75) is 46.1 Å². The van der Waals surface area contributed by atoms with Gasteiger partial charge < -0.3 is 14.8 Å². The van der Waals surface area contributed by atoms with E-state index < -0.39 is 5.60 Å². The van der Waals surface area contributed by atoms with Crippen LogP contribution in [0.3, 0.4) is 0 Å². The van der Waals surface area contributed by atoms with Crippen LogP contribution >= 0.6 is 0 Å². The van der Waals surface area contributed by atoms with Gasteiger partial charge in [0.25, 0.3) is 5.91 Å². The Balaban J connectivity index is 2.96. The van der Waals surface area contributed by atoms with E-state index in [1.165, 1.54) is 0 Å². The van der Waals surface area contributed by atoms with Crippen LogP contribution in [0, 0.1) is 13.8 Å². The number of carbonyl (C=O) groups excluding carboxylic acids is 1. The Morgan fingerprint density at radius 1 is 1.25 bits per heavy atom. The van der Waals surface area contributed by atoms with Crippen LogP contribution in [0.1, 0.15) is 37.8 Å². The van der Waals surface area contributed by atoms with E-state index in [0.717, 1.165) is 29.0 Å². The second-order valence-corrected chi connectivity index (χ2v) is 5.28. The zero-order valence-electron chi connectivity index (χ0n) is 13.3. The van der Waals surface area contributed by atoms with Gasteiger partial charge in [0.05, 0.1) is 7.11 Å². The number of hydrogen-bond donors (Lipinski definition) is 1. The fourth-order valence-electron chi connectivity index (χ4n) is 2.39. The molecule has 0 aliphatic carbocycles. The number of ether oxygens (including phenoxy) is 2. The zero-order chi connectivity index (χ0) is 15.3. The van der Waals surface area contributed by atoms with Crippen LogP contribution in [0.15, 0.2) is 12.1 Å². The molecule has 4 nitrogen and oxygen atoms in total. The summed E-state index contributed by atoms with van der Waals surface area (Å²) in [6.45, 7) is 7.77. The minimum Gasteiger partial charge on any atom is -0.496 e. The van der Waals surface area contributed by atoms with Gasteiger partial charge in [0.1, 0.15) is 11.4 Å². The van der Waals surface area contributed by atoms with E-state index >= 15 is 0 Å². The molecule has 0 saturated carbocycles. The van der Waals surface area contributed by atoms with E-state index in [4.69, 9.17) is 9.47 Å². The number of benzene rings is 1. The van der Waals surface area contributed by atoms with Crippen LogP contribution in [-0.2, 0) is 9.53 Å². The topological polar surface area (TPSA) is 47.6 Å². The number of nitrogens with one attached hydrogen (secondary N) is 1. The first-order chi connectivity index (χ1) is 9.37. The van der Waals surface area contributed by atoms with Gasteiger partial charge in [0, 0.05) is 12.8 Å². The molecule has 0 saturated heterocycles. The Morgan fingerprint density at radius 3 is 2.20 bits per heavy atom. The molecule has 0 spiro atoms. The molecular formula is C16H25NO3. The molecule has 1 atom stereocenters. The zero-order valence-corrected chi connectivity index (χ0v) is 13.3. The van der Waals surface area contributed by atoms with Gasteiger partial charge >= 0.3 is 0 Å². The third kappa shape index (κ3) is 3.51. The summed E-state index contributed by atoms with van der Waals surface area (Å²) in [5.41, 5.74) is 1.97. The monoisotopic (exact) mass is 279 g/mol. The van der Waals surface area contributed by atoms with Crippen molar-refractivity contribution in [3.8, 4) is 5.75 Å². The highest BCUT2D eigenvalue weighted by atomic mass is 16.5. The third-order valence-corrected chi connectivity index (χ3v) is 3.58. The standard InChI is InChI=1S/C16H25NO3/c1-7-8-16(4,20-6)15(18)17-13-9-11(2)14(19-5)12(3)10-13/h9-10H,7-8H2,1-6H3,(H,17,18). The van der Waals surface area contributed by atoms with E-state index in [1.807, 2.05) is 39.8 Å². The first-order valence-electron chi connectivity index (χ1n) is 6.89. The fourth-order valence-corrected chi connectivity index (χ4v) is 2.39. The lowest BCUT2D eigenvalue weighted by molar-refractivity contribution is -0.136. The first kappa shape index (κ1) is 16.5. The summed E-state index contributed by atoms with van der Waals surface area (Å²) < 4.78 is 10.7. The molecule has 0 fully saturated rings. The number of anilines is 1. The molecule has 4 heteroatoms. The van der Waals surface area contributed by atoms with Gasteiger partial charge in [-0.15, -0.1) is 0 Å². The molecule has 1 rings (SSSR count). The molecule has 0 aromatic heterocycles. The van der Waals surface area contributed by atoms with Gasteiger partial charge in [-0.25, -0.2) is 0 Å². The van der Waals surface area contributed by atoms with Crippen LogP contribution in [0.4, 0.5) is 5.69 Å². The lowest BCUT2D eigenvalue weighted by atomic mass is 9.99. The first-order valence-corrected chi connectivity index (χ1v) is 6.89. The highest BCUT2D eigenvalue weighted by Gasteiger charge is 2.32. The van der Waals surface area contributed by atoms with Crippen molar-refractivity contribution >= 4 is 11.6 Å². The normalized spacial score (nSPS) is 13.7. The summed E-state index contributed by atoms with van der Waals surface area (Å²) in [5, 5.41) is 2.93. The Kier molecular flexibility index (Phi) is 5.57. The molecule has 112 valence electrons. The molecule has 0 heterocycles. The van der Waals surface area contributed by atoms with Crippen LogP contribution < -0.4 is 10.1 Å². The molecule has 1 N–H and O–H groups in total. The van der Waals surface area contributed by atoms with Crippen LogP contribution in [-0.4, -0.2) is 25.7 Å². The van der Waals surface area contributed by atoms with Gasteiger partial charge in [-0.3, -0.25) is 4.79 Å². The fraction of sp³-hybridized carbons (Fsp3) is 0.562. The number of hydrogen-bond acceptors (Lipinski definition) is 3. The van der Waals surface area contributed by atoms with E-state index in [2.05, 4.69) is 5.32 Å².